The van der Waals surface area contributed by atoms with Gasteiger partial charge in [-0.1, -0.05) is 48.5 Å². The molecular weight excluding hydrogens is 365 g/mol. The molecule has 2 aromatic carbocycles. The molecule has 0 atom stereocenters. The first-order valence-corrected chi connectivity index (χ1v) is 8.56. The monoisotopic (exact) mass is 380 g/mol. The lowest BCUT2D eigenvalue weighted by molar-refractivity contribution is -0.136. The largest absolute Gasteiger partial charge is 0.417 e. The van der Waals surface area contributed by atoms with E-state index in [9.17, 15) is 13.2 Å². The van der Waals surface area contributed by atoms with Crippen molar-refractivity contribution >= 4 is 22.5 Å². The summed E-state index contributed by atoms with van der Waals surface area (Å²) in [6, 6.07) is 18.7. The number of benzene rings is 2. The molecule has 4 nitrogen and oxygen atoms in total. The van der Waals surface area contributed by atoms with E-state index in [0.717, 1.165) is 6.07 Å². The van der Waals surface area contributed by atoms with Crippen molar-refractivity contribution < 1.29 is 13.2 Å². The van der Waals surface area contributed by atoms with Gasteiger partial charge in [0.05, 0.1) is 16.6 Å². The lowest BCUT2D eigenvalue weighted by atomic mass is 10.1. The second-order valence-corrected chi connectivity index (χ2v) is 6.23. The highest BCUT2D eigenvalue weighted by Crippen LogP contribution is 2.39. The molecule has 0 aliphatic heterocycles. The molecular formula is C21H15F3N4. The highest BCUT2D eigenvalue weighted by atomic mass is 19.4. The lowest BCUT2D eigenvalue weighted by Gasteiger charge is -2.16. The zero-order valence-corrected chi connectivity index (χ0v) is 14.8. The lowest BCUT2D eigenvalue weighted by Crippen LogP contribution is -2.11. The summed E-state index contributed by atoms with van der Waals surface area (Å²) < 4.78 is 41.8. The Morgan fingerprint density at radius 1 is 0.821 bits per heavy atom. The number of hydrogen-bond acceptors (Lipinski definition) is 4. The molecule has 2 heterocycles. The van der Waals surface area contributed by atoms with Crippen LogP contribution in [0.5, 0.6) is 0 Å². The molecule has 0 aliphatic rings. The third-order valence-corrected chi connectivity index (χ3v) is 4.19. The van der Waals surface area contributed by atoms with Gasteiger partial charge in [0.1, 0.15) is 11.6 Å². The van der Waals surface area contributed by atoms with Gasteiger partial charge in [-0.2, -0.15) is 13.2 Å². The van der Waals surface area contributed by atoms with E-state index in [-0.39, 0.29) is 22.5 Å². The Balaban J connectivity index is 1.99. The number of rotatable bonds is 3. The molecule has 0 bridgehead atoms. The molecule has 0 saturated heterocycles. The van der Waals surface area contributed by atoms with Crippen molar-refractivity contribution in [2.24, 2.45) is 0 Å². The Bertz CT molecular complexity index is 1130. The van der Waals surface area contributed by atoms with Gasteiger partial charge in [0.25, 0.3) is 0 Å². The van der Waals surface area contributed by atoms with E-state index >= 15 is 0 Å². The quantitative estimate of drug-likeness (QED) is 0.491. The van der Waals surface area contributed by atoms with Gasteiger partial charge in [-0.3, -0.25) is 0 Å². The van der Waals surface area contributed by atoms with E-state index in [1.807, 2.05) is 6.07 Å². The third kappa shape index (κ3) is 3.51. The van der Waals surface area contributed by atoms with Gasteiger partial charge >= 0.3 is 6.18 Å². The van der Waals surface area contributed by atoms with Crippen LogP contribution in [0.2, 0.25) is 0 Å². The molecule has 0 fully saturated rings. The number of para-hydroxylation sites is 1. The number of aromatic nitrogens is 3. The highest BCUT2D eigenvalue weighted by Gasteiger charge is 2.35. The van der Waals surface area contributed by atoms with Crippen molar-refractivity contribution in [3.8, 4) is 11.3 Å². The zero-order valence-electron chi connectivity index (χ0n) is 14.8. The number of fused-ring (bicyclic) bond motifs is 1. The predicted molar refractivity (Wildman–Crippen MR) is 102 cm³/mol. The number of nitrogens with one attached hydrogen (secondary N) is 1. The molecule has 7 heteroatoms. The number of anilines is 2. The molecule has 2 aromatic heterocycles. The summed E-state index contributed by atoms with van der Waals surface area (Å²) in [6.07, 6.45) is -4.59. The summed E-state index contributed by atoms with van der Waals surface area (Å²) in [4.78, 5) is 12.8. The van der Waals surface area contributed by atoms with E-state index < -0.39 is 11.7 Å². The highest BCUT2D eigenvalue weighted by molar-refractivity contribution is 5.93. The first-order chi connectivity index (χ1) is 13.4. The molecule has 4 aromatic rings. The van der Waals surface area contributed by atoms with Crippen molar-refractivity contribution in [1.29, 1.82) is 0 Å². The Morgan fingerprint density at radius 3 is 2.11 bits per heavy atom. The van der Waals surface area contributed by atoms with Crippen molar-refractivity contribution in [2.45, 2.75) is 13.1 Å². The van der Waals surface area contributed by atoms with Gasteiger partial charge in [0.2, 0.25) is 0 Å². The number of halogens is 3. The van der Waals surface area contributed by atoms with Crippen LogP contribution < -0.4 is 5.32 Å². The fraction of sp³-hybridized carbons (Fsp3) is 0.0952. The minimum absolute atomic E-state index is 0.000362. The van der Waals surface area contributed by atoms with Gasteiger partial charge in [0.15, 0.2) is 5.65 Å². The molecule has 0 radical (unpaired) electrons. The molecule has 28 heavy (non-hydrogen) atoms. The first kappa shape index (κ1) is 17.9. The average Bonchev–Trinajstić information content (AvgIpc) is 2.67. The summed E-state index contributed by atoms with van der Waals surface area (Å²) >= 11 is 0. The minimum atomic E-state index is -4.59. The van der Waals surface area contributed by atoms with Crippen LogP contribution in [-0.4, -0.2) is 15.0 Å². The number of alkyl halides is 3. The molecule has 140 valence electrons. The third-order valence-electron chi connectivity index (χ3n) is 4.19. The van der Waals surface area contributed by atoms with Gasteiger partial charge in [0, 0.05) is 11.3 Å². The molecule has 0 spiro atoms. The zero-order chi connectivity index (χ0) is 19.7. The fourth-order valence-corrected chi connectivity index (χ4v) is 2.97. The standard InChI is InChI=1S/C21H15F3N4/c1-13-25-19(27-15-10-6-3-7-11-15)18-16(21(22,23)24)12-17(28-20(18)26-13)14-8-4-2-5-9-14/h2-12H,1H3,(H,25,26,27,28). The summed E-state index contributed by atoms with van der Waals surface area (Å²) in [7, 11) is 0. The second-order valence-electron chi connectivity index (χ2n) is 6.23. The number of hydrogen-bond donors (Lipinski definition) is 1. The summed E-state index contributed by atoms with van der Waals surface area (Å²) in [5, 5.41) is 2.82. The average molecular weight is 380 g/mol. The van der Waals surface area contributed by atoms with E-state index in [4.69, 9.17) is 0 Å². The van der Waals surface area contributed by atoms with Gasteiger partial charge in [-0.15, -0.1) is 0 Å². The summed E-state index contributed by atoms with van der Waals surface area (Å²) in [5.41, 5.74) is 0.601. The summed E-state index contributed by atoms with van der Waals surface area (Å²) in [6.45, 7) is 1.62. The van der Waals surface area contributed by atoms with E-state index in [1.165, 1.54) is 0 Å². The maximum absolute atomic E-state index is 13.9. The SMILES string of the molecule is Cc1nc(Nc2ccccc2)c2c(C(F)(F)F)cc(-c3ccccc3)nc2n1. The molecule has 0 unspecified atom stereocenters. The van der Waals surface area contributed by atoms with Crippen molar-refractivity contribution in [3.05, 3.63) is 78.1 Å². The van der Waals surface area contributed by atoms with E-state index in [2.05, 4.69) is 20.3 Å². The van der Waals surface area contributed by atoms with E-state index in [0.29, 0.717) is 17.1 Å². The van der Waals surface area contributed by atoms with Crippen molar-refractivity contribution in [3.63, 3.8) is 0 Å². The Kier molecular flexibility index (Phi) is 4.43. The first-order valence-electron chi connectivity index (χ1n) is 8.56. The van der Waals surface area contributed by atoms with Crippen LogP contribution in [0.25, 0.3) is 22.3 Å². The second kappa shape index (κ2) is 6.92. The van der Waals surface area contributed by atoms with Gasteiger partial charge in [-0.25, -0.2) is 15.0 Å². The van der Waals surface area contributed by atoms with Crippen LogP contribution >= 0.6 is 0 Å². The van der Waals surface area contributed by atoms with Gasteiger partial charge in [-0.05, 0) is 25.1 Å². The predicted octanol–water partition coefficient (Wildman–Crippen LogP) is 5.76. The van der Waals surface area contributed by atoms with Crippen molar-refractivity contribution in [2.75, 3.05) is 5.32 Å². The Hall–Kier alpha value is -3.48. The maximum Gasteiger partial charge on any atom is 0.417 e. The minimum Gasteiger partial charge on any atom is -0.340 e. The van der Waals surface area contributed by atoms with Crippen LogP contribution in [0.4, 0.5) is 24.7 Å². The fourth-order valence-electron chi connectivity index (χ4n) is 2.97. The van der Waals surface area contributed by atoms with Crippen molar-refractivity contribution in [1.82, 2.24) is 15.0 Å². The number of nitrogens with zero attached hydrogens (tertiary/aromatic N) is 3. The maximum atomic E-state index is 13.9. The molecule has 0 saturated carbocycles. The van der Waals surface area contributed by atoms with Crippen LogP contribution in [0, 0.1) is 6.92 Å². The molecule has 1 N–H and O–H groups in total. The normalized spacial score (nSPS) is 11.6. The van der Waals surface area contributed by atoms with Crippen LogP contribution in [0.1, 0.15) is 11.4 Å². The summed E-state index contributed by atoms with van der Waals surface area (Å²) in [5.74, 6) is 0.407. The topological polar surface area (TPSA) is 50.7 Å². The number of pyridine rings is 1. The van der Waals surface area contributed by atoms with Crippen LogP contribution in [0.3, 0.4) is 0 Å². The Labute approximate surface area is 159 Å². The Morgan fingerprint density at radius 2 is 1.46 bits per heavy atom. The molecule has 0 amide bonds. The smallest absolute Gasteiger partial charge is 0.340 e. The van der Waals surface area contributed by atoms with E-state index in [1.54, 1.807) is 61.5 Å². The van der Waals surface area contributed by atoms with Crippen LogP contribution in [0.15, 0.2) is 66.7 Å². The molecule has 0 aliphatic carbocycles. The number of aryl methyl sites for hydroxylation is 1. The van der Waals surface area contributed by atoms with Gasteiger partial charge < -0.3 is 5.32 Å². The molecule has 4 rings (SSSR count). The van der Waals surface area contributed by atoms with Crippen LogP contribution in [-0.2, 0) is 6.18 Å².